The van der Waals surface area contributed by atoms with Crippen molar-refractivity contribution in [1.82, 2.24) is 5.32 Å². The SMILES string of the molecule is C[C@@H]1NC(=S)SC1=O. The summed E-state index contributed by atoms with van der Waals surface area (Å²) in [5.74, 6) is 0. The Morgan fingerprint density at radius 1 is 1.88 bits per heavy atom. The van der Waals surface area contributed by atoms with E-state index in [0.29, 0.717) is 4.32 Å². The molecule has 0 spiro atoms. The van der Waals surface area contributed by atoms with Crippen LogP contribution in [0.25, 0.3) is 0 Å². The number of nitrogens with one attached hydrogen (secondary N) is 1. The third-order valence-corrected chi connectivity index (χ3v) is 2.11. The minimum absolute atomic E-state index is 0.0764. The van der Waals surface area contributed by atoms with Crippen molar-refractivity contribution in [3.05, 3.63) is 0 Å². The Balaban J connectivity index is 2.64. The molecule has 44 valence electrons. The van der Waals surface area contributed by atoms with Gasteiger partial charge in [-0.15, -0.1) is 0 Å². The fourth-order valence-corrected chi connectivity index (χ4v) is 1.52. The second-order valence-corrected chi connectivity index (χ2v) is 3.26. The number of hydrogen-bond acceptors (Lipinski definition) is 3. The molecule has 0 saturated carbocycles. The molecule has 1 aliphatic heterocycles. The molecule has 0 aliphatic carbocycles. The zero-order valence-electron chi connectivity index (χ0n) is 4.30. The standard InChI is InChI=1S/C4H5NOS2/c1-2-3(6)8-4(7)5-2/h2H,1H3,(H,5,7)/t2-/m0/s1. The van der Waals surface area contributed by atoms with Crippen LogP contribution in [0.2, 0.25) is 0 Å². The van der Waals surface area contributed by atoms with Gasteiger partial charge in [0.2, 0.25) is 5.12 Å². The molecule has 1 atom stereocenters. The normalized spacial score (nSPS) is 28.4. The van der Waals surface area contributed by atoms with Gasteiger partial charge in [-0.25, -0.2) is 0 Å². The fraction of sp³-hybridized carbons (Fsp3) is 0.500. The van der Waals surface area contributed by atoms with Crippen LogP contribution in [0, 0.1) is 0 Å². The Hall–Kier alpha value is -0.0900. The molecule has 0 aromatic carbocycles. The highest BCUT2D eigenvalue weighted by Crippen LogP contribution is 2.14. The van der Waals surface area contributed by atoms with Crippen LogP contribution in [-0.2, 0) is 4.79 Å². The molecular formula is C4H5NOS2. The lowest BCUT2D eigenvalue weighted by atomic mass is 10.4. The first-order chi connectivity index (χ1) is 3.70. The molecule has 0 bridgehead atoms. The number of hydrogen-bond donors (Lipinski definition) is 1. The number of thioether (sulfide) groups is 1. The summed E-state index contributed by atoms with van der Waals surface area (Å²) < 4.78 is 0.600. The molecular weight excluding hydrogens is 142 g/mol. The maximum Gasteiger partial charge on any atom is 0.217 e. The van der Waals surface area contributed by atoms with E-state index in [0.717, 1.165) is 11.8 Å². The summed E-state index contributed by atoms with van der Waals surface area (Å²) in [6.45, 7) is 1.80. The fourth-order valence-electron chi connectivity index (χ4n) is 0.445. The van der Waals surface area contributed by atoms with Crippen LogP contribution >= 0.6 is 24.0 Å². The second-order valence-electron chi connectivity index (χ2n) is 1.57. The number of thiocarbonyl (C=S) groups is 1. The van der Waals surface area contributed by atoms with E-state index in [1.807, 2.05) is 0 Å². The van der Waals surface area contributed by atoms with Crippen molar-refractivity contribution in [3.8, 4) is 0 Å². The molecule has 0 amide bonds. The predicted molar refractivity (Wildman–Crippen MR) is 37.8 cm³/mol. The lowest BCUT2D eigenvalue weighted by Gasteiger charge is -1.94. The lowest BCUT2D eigenvalue weighted by Crippen LogP contribution is -2.24. The highest BCUT2D eigenvalue weighted by Gasteiger charge is 2.23. The zero-order chi connectivity index (χ0) is 6.15. The smallest absolute Gasteiger partial charge is 0.217 e. The van der Waals surface area contributed by atoms with E-state index in [-0.39, 0.29) is 11.2 Å². The van der Waals surface area contributed by atoms with E-state index < -0.39 is 0 Å². The molecule has 1 heterocycles. The monoisotopic (exact) mass is 147 g/mol. The van der Waals surface area contributed by atoms with Crippen molar-refractivity contribution in [1.29, 1.82) is 0 Å². The van der Waals surface area contributed by atoms with Gasteiger partial charge in [0.25, 0.3) is 0 Å². The van der Waals surface area contributed by atoms with Crippen LogP contribution in [0.1, 0.15) is 6.92 Å². The summed E-state index contributed by atoms with van der Waals surface area (Å²) in [5, 5.41) is 2.93. The Morgan fingerprint density at radius 2 is 2.50 bits per heavy atom. The van der Waals surface area contributed by atoms with E-state index in [1.54, 1.807) is 6.92 Å². The zero-order valence-corrected chi connectivity index (χ0v) is 5.94. The first-order valence-corrected chi connectivity index (χ1v) is 3.45. The van der Waals surface area contributed by atoms with Gasteiger partial charge in [0.15, 0.2) is 0 Å². The number of carbonyl (C=O) groups excluding carboxylic acids is 1. The minimum atomic E-state index is -0.0764. The molecule has 0 radical (unpaired) electrons. The maximum atomic E-state index is 10.6. The molecule has 1 rings (SSSR count). The highest BCUT2D eigenvalue weighted by molar-refractivity contribution is 8.33. The van der Waals surface area contributed by atoms with E-state index >= 15 is 0 Å². The van der Waals surface area contributed by atoms with Gasteiger partial charge in [-0.1, -0.05) is 12.2 Å². The highest BCUT2D eigenvalue weighted by atomic mass is 32.2. The maximum absolute atomic E-state index is 10.6. The molecule has 1 aliphatic rings. The summed E-state index contributed by atoms with van der Waals surface area (Å²) in [5.41, 5.74) is 0. The van der Waals surface area contributed by atoms with Gasteiger partial charge in [0.1, 0.15) is 4.32 Å². The van der Waals surface area contributed by atoms with Gasteiger partial charge >= 0.3 is 0 Å². The molecule has 4 heteroatoms. The Labute approximate surface area is 57.0 Å². The summed E-state index contributed by atoms with van der Waals surface area (Å²) >= 11 is 5.81. The van der Waals surface area contributed by atoms with Gasteiger partial charge in [-0.2, -0.15) is 0 Å². The molecule has 1 fully saturated rings. The molecule has 0 aromatic heterocycles. The average Bonchev–Trinajstić information content (AvgIpc) is 1.85. The van der Waals surface area contributed by atoms with Gasteiger partial charge < -0.3 is 5.32 Å². The lowest BCUT2D eigenvalue weighted by molar-refractivity contribution is -0.111. The molecule has 8 heavy (non-hydrogen) atoms. The van der Waals surface area contributed by atoms with Crippen LogP contribution in [-0.4, -0.2) is 15.5 Å². The van der Waals surface area contributed by atoms with Crippen molar-refractivity contribution in [2.75, 3.05) is 0 Å². The number of rotatable bonds is 0. The van der Waals surface area contributed by atoms with Crippen LogP contribution in [0.15, 0.2) is 0 Å². The second kappa shape index (κ2) is 2.03. The molecule has 1 N–H and O–H groups in total. The number of carbonyl (C=O) groups is 1. The summed E-state index contributed by atoms with van der Waals surface area (Å²) in [4.78, 5) is 10.6. The quantitative estimate of drug-likeness (QED) is 0.506. The van der Waals surface area contributed by atoms with Gasteiger partial charge in [0.05, 0.1) is 6.04 Å². The summed E-state index contributed by atoms with van der Waals surface area (Å²) in [7, 11) is 0. The molecule has 0 unspecified atom stereocenters. The largest absolute Gasteiger partial charge is 0.360 e. The Bertz CT molecular complexity index is 145. The van der Waals surface area contributed by atoms with Crippen molar-refractivity contribution in [3.63, 3.8) is 0 Å². The van der Waals surface area contributed by atoms with E-state index in [4.69, 9.17) is 12.2 Å². The average molecular weight is 147 g/mol. The van der Waals surface area contributed by atoms with Crippen molar-refractivity contribution < 1.29 is 4.79 Å². The van der Waals surface area contributed by atoms with Crippen LogP contribution in [0.3, 0.4) is 0 Å². The van der Waals surface area contributed by atoms with Crippen LogP contribution < -0.4 is 5.32 Å². The van der Waals surface area contributed by atoms with E-state index in [2.05, 4.69) is 5.32 Å². The van der Waals surface area contributed by atoms with Crippen molar-refractivity contribution >= 4 is 33.4 Å². The predicted octanol–water partition coefficient (Wildman–Crippen LogP) is 0.523. The van der Waals surface area contributed by atoms with Gasteiger partial charge in [-0.05, 0) is 18.7 Å². The first-order valence-electron chi connectivity index (χ1n) is 2.22. The van der Waals surface area contributed by atoms with Crippen molar-refractivity contribution in [2.24, 2.45) is 0 Å². The molecule has 2 nitrogen and oxygen atoms in total. The first kappa shape index (κ1) is 6.04. The third-order valence-electron chi connectivity index (χ3n) is 0.881. The van der Waals surface area contributed by atoms with Crippen LogP contribution in [0.5, 0.6) is 0 Å². The Kier molecular flexibility index (Phi) is 1.53. The Morgan fingerprint density at radius 3 is 2.62 bits per heavy atom. The van der Waals surface area contributed by atoms with Crippen molar-refractivity contribution in [2.45, 2.75) is 13.0 Å². The summed E-state index contributed by atoms with van der Waals surface area (Å²) in [6, 6.07) is -0.0764. The molecule has 1 saturated heterocycles. The third kappa shape index (κ3) is 1.00. The van der Waals surface area contributed by atoms with Gasteiger partial charge in [0, 0.05) is 0 Å². The van der Waals surface area contributed by atoms with E-state index in [9.17, 15) is 4.79 Å². The van der Waals surface area contributed by atoms with E-state index in [1.165, 1.54) is 0 Å². The minimum Gasteiger partial charge on any atom is -0.360 e. The van der Waals surface area contributed by atoms with Crippen LogP contribution in [0.4, 0.5) is 0 Å². The summed E-state index contributed by atoms with van der Waals surface area (Å²) in [6.07, 6.45) is 0. The van der Waals surface area contributed by atoms with Gasteiger partial charge in [-0.3, -0.25) is 4.79 Å². The topological polar surface area (TPSA) is 29.1 Å². The molecule has 0 aromatic rings.